The highest BCUT2D eigenvalue weighted by Crippen LogP contribution is 2.33. The van der Waals surface area contributed by atoms with Crippen molar-refractivity contribution in [2.75, 3.05) is 54.0 Å². The van der Waals surface area contributed by atoms with Crippen LogP contribution in [0.2, 0.25) is 5.02 Å². The zero-order chi connectivity index (χ0) is 26.7. The molecule has 9 nitrogen and oxygen atoms in total. The van der Waals surface area contributed by atoms with Crippen molar-refractivity contribution in [3.63, 3.8) is 0 Å². The monoisotopic (exact) mass is 543 g/mol. The van der Waals surface area contributed by atoms with Crippen molar-refractivity contribution >= 4 is 56.0 Å². The second-order valence-corrected chi connectivity index (χ2v) is 12.3. The molecule has 1 aliphatic heterocycles. The average Bonchev–Trinajstić information content (AvgIpc) is 2.88. The van der Waals surface area contributed by atoms with Gasteiger partial charge in [-0.2, -0.15) is 4.98 Å². The van der Waals surface area contributed by atoms with Crippen molar-refractivity contribution < 1.29 is 8.42 Å². The third-order valence-corrected chi connectivity index (χ3v) is 9.08. The van der Waals surface area contributed by atoms with E-state index in [4.69, 9.17) is 17.3 Å². The number of halogens is 1. The summed E-state index contributed by atoms with van der Waals surface area (Å²) in [5, 5.41) is 6.00. The molecule has 4 rings (SSSR count). The highest BCUT2D eigenvalue weighted by molar-refractivity contribution is 7.92. The van der Waals surface area contributed by atoms with Crippen LogP contribution in [0.25, 0.3) is 0 Å². The topological polar surface area (TPSA) is 116 Å². The molecule has 0 atom stereocenters. The smallest absolute Gasteiger partial charge is 0.229 e. The van der Waals surface area contributed by atoms with Crippen LogP contribution >= 0.6 is 11.6 Å². The standard InChI is InChI=1S/C26H34ClN7O2S/c1-5-33-10-12-34(13-11-33)23-14-18(4)22(15-20(23)28)31-26-29-16-19(27)25(32-26)30-21-8-6-7-9-24(21)37(35,36)17(2)3/h6-9,14-17H,5,10-13,28H2,1-4H3,(H2,29,30,31,32). The Bertz CT molecular complexity index is 1370. The normalized spacial score (nSPS) is 14.7. The lowest BCUT2D eigenvalue weighted by Gasteiger charge is -2.36. The first kappa shape index (κ1) is 27.0. The molecule has 0 amide bonds. The molecule has 198 valence electrons. The van der Waals surface area contributed by atoms with Gasteiger partial charge in [0.25, 0.3) is 0 Å². The maximum Gasteiger partial charge on any atom is 0.229 e. The number of hydrogen-bond donors (Lipinski definition) is 3. The van der Waals surface area contributed by atoms with Crippen molar-refractivity contribution in [1.82, 2.24) is 14.9 Å². The number of nitrogens with one attached hydrogen (secondary N) is 2. The van der Waals surface area contributed by atoms with Gasteiger partial charge in [-0.3, -0.25) is 0 Å². The van der Waals surface area contributed by atoms with E-state index in [1.165, 1.54) is 6.20 Å². The van der Waals surface area contributed by atoms with E-state index >= 15 is 0 Å². The molecule has 2 aromatic carbocycles. The first-order valence-corrected chi connectivity index (χ1v) is 14.3. The van der Waals surface area contributed by atoms with Gasteiger partial charge in [-0.25, -0.2) is 13.4 Å². The van der Waals surface area contributed by atoms with Crippen LogP contribution in [0.15, 0.2) is 47.5 Å². The number of likely N-dealkylation sites (N-methyl/N-ethyl adjacent to an activating group) is 1. The predicted octanol–water partition coefficient (Wildman–Crippen LogP) is 4.83. The first-order valence-electron chi connectivity index (χ1n) is 12.4. The molecule has 2 heterocycles. The van der Waals surface area contributed by atoms with Crippen molar-refractivity contribution in [3.05, 3.63) is 53.2 Å². The van der Waals surface area contributed by atoms with Crippen LogP contribution in [0.1, 0.15) is 26.3 Å². The van der Waals surface area contributed by atoms with Crippen LogP contribution in [0, 0.1) is 6.92 Å². The minimum atomic E-state index is -3.51. The molecule has 0 spiro atoms. The molecule has 0 radical (unpaired) electrons. The largest absolute Gasteiger partial charge is 0.397 e. The molecule has 0 aliphatic carbocycles. The Morgan fingerprint density at radius 1 is 1.08 bits per heavy atom. The molecular weight excluding hydrogens is 510 g/mol. The Labute approximate surface area is 224 Å². The van der Waals surface area contributed by atoms with Crippen LogP contribution < -0.4 is 21.3 Å². The van der Waals surface area contributed by atoms with E-state index in [9.17, 15) is 8.42 Å². The van der Waals surface area contributed by atoms with Crippen molar-refractivity contribution in [1.29, 1.82) is 0 Å². The van der Waals surface area contributed by atoms with Crippen molar-refractivity contribution in [3.8, 4) is 0 Å². The number of hydrogen-bond acceptors (Lipinski definition) is 9. The summed E-state index contributed by atoms with van der Waals surface area (Å²) < 4.78 is 25.7. The van der Waals surface area contributed by atoms with Crippen LogP contribution in [0.4, 0.5) is 34.5 Å². The molecule has 3 aromatic rings. The fraction of sp³-hybridized carbons (Fsp3) is 0.385. The molecule has 11 heteroatoms. The molecule has 1 saturated heterocycles. The molecule has 37 heavy (non-hydrogen) atoms. The number of rotatable bonds is 8. The number of sulfone groups is 1. The van der Waals surface area contributed by atoms with Crippen molar-refractivity contribution in [2.24, 2.45) is 0 Å². The summed E-state index contributed by atoms with van der Waals surface area (Å²) in [7, 11) is -3.51. The van der Waals surface area contributed by atoms with Gasteiger partial charge in [0.1, 0.15) is 5.02 Å². The predicted molar refractivity (Wildman–Crippen MR) is 152 cm³/mol. The summed E-state index contributed by atoms with van der Waals surface area (Å²) in [4.78, 5) is 13.8. The summed E-state index contributed by atoms with van der Waals surface area (Å²) in [5.74, 6) is 0.601. The van der Waals surface area contributed by atoms with Gasteiger partial charge in [0.05, 0.1) is 33.4 Å². The average molecular weight is 544 g/mol. The van der Waals surface area contributed by atoms with Gasteiger partial charge in [0.2, 0.25) is 5.95 Å². The van der Waals surface area contributed by atoms with E-state index in [0.717, 1.165) is 49.7 Å². The Kier molecular flexibility index (Phi) is 8.11. The fourth-order valence-electron chi connectivity index (χ4n) is 4.26. The van der Waals surface area contributed by atoms with Gasteiger partial charge in [-0.05, 0) is 57.1 Å². The van der Waals surface area contributed by atoms with E-state index in [1.807, 2.05) is 13.0 Å². The minimum Gasteiger partial charge on any atom is -0.397 e. The molecule has 1 aliphatic rings. The molecule has 0 saturated carbocycles. The maximum absolute atomic E-state index is 12.8. The van der Waals surface area contributed by atoms with Crippen LogP contribution in [0.5, 0.6) is 0 Å². The summed E-state index contributed by atoms with van der Waals surface area (Å²) >= 11 is 6.37. The van der Waals surface area contributed by atoms with E-state index in [2.05, 4.69) is 43.4 Å². The summed E-state index contributed by atoms with van der Waals surface area (Å²) in [6, 6.07) is 10.7. The highest BCUT2D eigenvalue weighted by Gasteiger charge is 2.23. The van der Waals surface area contributed by atoms with E-state index in [0.29, 0.717) is 23.1 Å². The third-order valence-electron chi connectivity index (χ3n) is 6.59. The number of aromatic nitrogens is 2. The molecular formula is C26H34ClN7O2S. The number of benzene rings is 2. The van der Waals surface area contributed by atoms with Crippen LogP contribution in [-0.4, -0.2) is 61.3 Å². The zero-order valence-electron chi connectivity index (χ0n) is 21.6. The number of nitrogens with two attached hydrogens (primary N) is 1. The minimum absolute atomic E-state index is 0.188. The lowest BCUT2D eigenvalue weighted by molar-refractivity contribution is 0.271. The SMILES string of the molecule is CCN1CCN(c2cc(C)c(Nc3ncc(Cl)c(Nc4ccccc4S(=O)(=O)C(C)C)n3)cc2N)CC1. The Morgan fingerprint density at radius 3 is 2.46 bits per heavy atom. The molecule has 1 aromatic heterocycles. The Morgan fingerprint density at radius 2 is 1.78 bits per heavy atom. The third kappa shape index (κ3) is 5.92. The maximum atomic E-state index is 12.8. The quantitative estimate of drug-likeness (QED) is 0.343. The number of nitrogens with zero attached hydrogens (tertiary/aromatic N) is 4. The Hall–Kier alpha value is -3.08. The fourth-order valence-corrected chi connectivity index (χ4v) is 5.60. The summed E-state index contributed by atoms with van der Waals surface area (Å²) in [6.45, 7) is 12.5. The summed E-state index contributed by atoms with van der Waals surface area (Å²) in [5.41, 5.74) is 10.3. The van der Waals surface area contributed by atoms with Gasteiger partial charge in [0.15, 0.2) is 15.7 Å². The van der Waals surface area contributed by atoms with Gasteiger partial charge in [0, 0.05) is 31.9 Å². The van der Waals surface area contributed by atoms with Crippen molar-refractivity contribution in [2.45, 2.75) is 37.8 Å². The number of nitrogen functional groups attached to an aromatic ring is 1. The second-order valence-electron chi connectivity index (χ2n) is 9.38. The lowest BCUT2D eigenvalue weighted by atomic mass is 10.1. The van der Waals surface area contributed by atoms with Gasteiger partial charge in [-0.1, -0.05) is 30.7 Å². The number of anilines is 6. The molecule has 1 fully saturated rings. The van der Waals surface area contributed by atoms with E-state index in [1.54, 1.807) is 38.1 Å². The van der Waals surface area contributed by atoms with E-state index < -0.39 is 15.1 Å². The Balaban J connectivity index is 1.57. The second kappa shape index (κ2) is 11.1. The highest BCUT2D eigenvalue weighted by atomic mass is 35.5. The molecule has 4 N–H and O–H groups in total. The van der Waals surface area contributed by atoms with Crippen LogP contribution in [0.3, 0.4) is 0 Å². The number of piperazine rings is 1. The molecule has 0 unspecified atom stereocenters. The van der Waals surface area contributed by atoms with Gasteiger partial charge < -0.3 is 26.2 Å². The van der Waals surface area contributed by atoms with E-state index in [-0.39, 0.29) is 9.92 Å². The lowest BCUT2D eigenvalue weighted by Crippen LogP contribution is -2.46. The first-order chi connectivity index (χ1) is 17.6. The zero-order valence-corrected chi connectivity index (χ0v) is 23.2. The summed E-state index contributed by atoms with van der Waals surface area (Å²) in [6.07, 6.45) is 1.47. The van der Waals surface area contributed by atoms with Crippen LogP contribution in [-0.2, 0) is 9.84 Å². The number of para-hydroxylation sites is 1. The van der Waals surface area contributed by atoms with Gasteiger partial charge >= 0.3 is 0 Å². The van der Waals surface area contributed by atoms with Gasteiger partial charge in [-0.15, -0.1) is 0 Å². The molecule has 0 bridgehead atoms. The number of aryl methyl sites for hydroxylation is 1.